The van der Waals surface area contributed by atoms with Gasteiger partial charge in [-0.3, -0.25) is 14.6 Å². The van der Waals surface area contributed by atoms with Crippen LogP contribution in [0.25, 0.3) is 0 Å². The van der Waals surface area contributed by atoms with Crippen LogP contribution in [0.4, 0.5) is 0 Å². The Bertz CT molecular complexity index is 816. The predicted molar refractivity (Wildman–Crippen MR) is 99.9 cm³/mol. The number of aromatic nitrogens is 1. The molecule has 0 bridgehead atoms. The Morgan fingerprint density at radius 3 is 2.78 bits per heavy atom. The van der Waals surface area contributed by atoms with E-state index in [4.69, 9.17) is 4.74 Å². The van der Waals surface area contributed by atoms with Crippen molar-refractivity contribution in [3.63, 3.8) is 0 Å². The van der Waals surface area contributed by atoms with E-state index in [0.717, 1.165) is 24.0 Å². The molecule has 1 atom stereocenters. The molecule has 4 rings (SSSR count). The van der Waals surface area contributed by atoms with Crippen LogP contribution in [0.2, 0.25) is 0 Å². The highest BCUT2D eigenvalue weighted by Crippen LogP contribution is 2.28. The van der Waals surface area contributed by atoms with Gasteiger partial charge in [-0.05, 0) is 36.1 Å². The van der Waals surface area contributed by atoms with Gasteiger partial charge in [0.05, 0.1) is 25.2 Å². The van der Waals surface area contributed by atoms with E-state index in [2.05, 4.69) is 10.3 Å². The highest BCUT2D eigenvalue weighted by Gasteiger charge is 2.32. The predicted octanol–water partition coefficient (Wildman–Crippen LogP) is 2.46. The number of nitrogens with one attached hydrogen (secondary N) is 1. The van der Waals surface area contributed by atoms with Crippen LogP contribution in [-0.4, -0.2) is 40.9 Å². The molecule has 1 aromatic heterocycles. The molecule has 1 N–H and O–H groups in total. The molecule has 27 heavy (non-hydrogen) atoms. The Hall–Kier alpha value is -2.73. The van der Waals surface area contributed by atoms with E-state index in [1.807, 2.05) is 41.4 Å². The van der Waals surface area contributed by atoms with Crippen molar-refractivity contribution in [1.29, 1.82) is 0 Å². The monoisotopic (exact) mass is 365 g/mol. The van der Waals surface area contributed by atoms with Crippen molar-refractivity contribution in [2.24, 2.45) is 0 Å². The second-order valence-corrected chi connectivity index (χ2v) is 7.07. The summed E-state index contributed by atoms with van der Waals surface area (Å²) in [5.74, 6) is -0.00591. The summed E-state index contributed by atoms with van der Waals surface area (Å²) < 4.78 is 5.96. The maximum atomic E-state index is 12.7. The van der Waals surface area contributed by atoms with Gasteiger partial charge in [0.15, 0.2) is 0 Å². The first-order valence-electron chi connectivity index (χ1n) is 9.39. The third-order valence-electron chi connectivity index (χ3n) is 5.27. The van der Waals surface area contributed by atoms with Gasteiger partial charge in [0, 0.05) is 31.0 Å². The minimum absolute atomic E-state index is 0.0858. The Balaban J connectivity index is 1.26. The molecule has 2 aliphatic rings. The van der Waals surface area contributed by atoms with Crippen LogP contribution >= 0.6 is 0 Å². The standard InChI is InChI=1S/C21H23N3O3/c25-20(12-19-17-5-1-2-6-18(17)21(26)23-19)24-10-7-16(8-11-24)27-14-15-4-3-9-22-13-15/h1-6,9,13,16,19H,7-8,10-12,14H2,(H,23,26). The molecule has 2 aliphatic heterocycles. The minimum Gasteiger partial charge on any atom is -0.373 e. The van der Waals surface area contributed by atoms with Crippen LogP contribution in [0.5, 0.6) is 0 Å². The normalized spacial score (nSPS) is 19.6. The molecule has 0 aliphatic carbocycles. The maximum absolute atomic E-state index is 12.7. The van der Waals surface area contributed by atoms with Crippen molar-refractivity contribution in [2.45, 2.75) is 38.0 Å². The lowest BCUT2D eigenvalue weighted by molar-refractivity contribution is -0.134. The number of ether oxygens (including phenoxy) is 1. The number of piperidine rings is 1. The fourth-order valence-corrected chi connectivity index (χ4v) is 3.76. The summed E-state index contributed by atoms with van der Waals surface area (Å²) in [6, 6.07) is 11.2. The molecular formula is C21H23N3O3. The fourth-order valence-electron chi connectivity index (χ4n) is 3.76. The third-order valence-corrected chi connectivity index (χ3v) is 5.27. The lowest BCUT2D eigenvalue weighted by Gasteiger charge is -2.32. The number of benzene rings is 1. The Labute approximate surface area is 158 Å². The number of nitrogens with zero attached hydrogens (tertiary/aromatic N) is 2. The van der Waals surface area contributed by atoms with Gasteiger partial charge >= 0.3 is 0 Å². The van der Waals surface area contributed by atoms with Crippen molar-refractivity contribution < 1.29 is 14.3 Å². The lowest BCUT2D eigenvalue weighted by atomic mass is 10.0. The highest BCUT2D eigenvalue weighted by molar-refractivity contribution is 5.99. The summed E-state index contributed by atoms with van der Waals surface area (Å²) in [5, 5.41) is 2.92. The van der Waals surface area contributed by atoms with E-state index < -0.39 is 0 Å². The summed E-state index contributed by atoms with van der Waals surface area (Å²) >= 11 is 0. The first kappa shape index (κ1) is 17.7. The first-order valence-corrected chi connectivity index (χ1v) is 9.39. The Kier molecular flexibility index (Phi) is 5.16. The van der Waals surface area contributed by atoms with E-state index in [1.165, 1.54) is 0 Å². The number of hydrogen-bond donors (Lipinski definition) is 1. The van der Waals surface area contributed by atoms with E-state index >= 15 is 0 Å². The molecule has 1 saturated heterocycles. The van der Waals surface area contributed by atoms with Gasteiger partial charge < -0.3 is 15.0 Å². The zero-order chi connectivity index (χ0) is 18.6. The largest absolute Gasteiger partial charge is 0.373 e. The van der Waals surface area contributed by atoms with Crippen LogP contribution < -0.4 is 5.32 Å². The van der Waals surface area contributed by atoms with Crippen molar-refractivity contribution in [1.82, 2.24) is 15.2 Å². The topological polar surface area (TPSA) is 71.5 Å². The van der Waals surface area contributed by atoms with Gasteiger partial charge in [0.1, 0.15) is 0 Å². The van der Waals surface area contributed by atoms with E-state index in [1.54, 1.807) is 12.3 Å². The molecule has 2 aromatic rings. The van der Waals surface area contributed by atoms with Gasteiger partial charge in [-0.1, -0.05) is 24.3 Å². The summed E-state index contributed by atoms with van der Waals surface area (Å²) in [6.07, 6.45) is 5.70. The van der Waals surface area contributed by atoms with Crippen LogP contribution in [0.15, 0.2) is 48.8 Å². The van der Waals surface area contributed by atoms with E-state index in [-0.39, 0.29) is 24.0 Å². The van der Waals surface area contributed by atoms with Crippen LogP contribution in [0.3, 0.4) is 0 Å². The van der Waals surface area contributed by atoms with Crippen molar-refractivity contribution in [2.75, 3.05) is 13.1 Å². The highest BCUT2D eigenvalue weighted by atomic mass is 16.5. The summed E-state index contributed by atoms with van der Waals surface area (Å²) in [4.78, 5) is 30.7. The second kappa shape index (κ2) is 7.88. The van der Waals surface area contributed by atoms with Gasteiger partial charge in [-0.2, -0.15) is 0 Å². The quantitative estimate of drug-likeness (QED) is 0.884. The van der Waals surface area contributed by atoms with Crippen molar-refractivity contribution >= 4 is 11.8 Å². The molecule has 0 saturated carbocycles. The van der Waals surface area contributed by atoms with Gasteiger partial charge in [-0.15, -0.1) is 0 Å². The summed E-state index contributed by atoms with van der Waals surface area (Å²) in [7, 11) is 0. The molecule has 3 heterocycles. The minimum atomic E-state index is -0.222. The van der Waals surface area contributed by atoms with Crippen LogP contribution in [0, 0.1) is 0 Å². The molecule has 0 spiro atoms. The van der Waals surface area contributed by atoms with E-state index in [9.17, 15) is 9.59 Å². The average molecular weight is 365 g/mol. The molecule has 6 nitrogen and oxygen atoms in total. The molecule has 1 fully saturated rings. The molecule has 6 heteroatoms. The number of carbonyl (C=O) groups is 2. The number of carbonyl (C=O) groups excluding carboxylic acids is 2. The number of rotatable bonds is 5. The second-order valence-electron chi connectivity index (χ2n) is 7.07. The van der Waals surface area contributed by atoms with Gasteiger partial charge in [-0.25, -0.2) is 0 Å². The summed E-state index contributed by atoms with van der Waals surface area (Å²) in [6.45, 7) is 1.94. The molecule has 1 aromatic carbocycles. The molecule has 1 unspecified atom stereocenters. The van der Waals surface area contributed by atoms with E-state index in [0.29, 0.717) is 31.7 Å². The third kappa shape index (κ3) is 4.01. The fraction of sp³-hybridized carbons (Fsp3) is 0.381. The first-order chi connectivity index (χ1) is 13.2. The zero-order valence-corrected chi connectivity index (χ0v) is 15.1. The number of likely N-dealkylation sites (tertiary alicyclic amines) is 1. The number of hydrogen-bond acceptors (Lipinski definition) is 4. The van der Waals surface area contributed by atoms with Gasteiger partial charge in [0.25, 0.3) is 5.91 Å². The summed E-state index contributed by atoms with van der Waals surface area (Å²) in [5.41, 5.74) is 2.66. The Morgan fingerprint density at radius 2 is 2.00 bits per heavy atom. The number of pyridine rings is 1. The van der Waals surface area contributed by atoms with Crippen LogP contribution in [-0.2, 0) is 16.1 Å². The molecule has 2 amide bonds. The van der Waals surface area contributed by atoms with Crippen LogP contribution in [0.1, 0.15) is 46.8 Å². The smallest absolute Gasteiger partial charge is 0.252 e. The maximum Gasteiger partial charge on any atom is 0.252 e. The number of fused-ring (bicyclic) bond motifs is 1. The molecular weight excluding hydrogens is 342 g/mol. The SMILES string of the molecule is O=C1NC(CC(=O)N2CCC(OCc3cccnc3)CC2)c2ccccc21. The lowest BCUT2D eigenvalue weighted by Crippen LogP contribution is -2.42. The van der Waals surface area contributed by atoms with Gasteiger partial charge in [0.2, 0.25) is 5.91 Å². The molecule has 0 radical (unpaired) electrons. The molecule has 140 valence electrons. The number of amides is 2. The van der Waals surface area contributed by atoms with Crippen molar-refractivity contribution in [3.8, 4) is 0 Å². The Morgan fingerprint density at radius 1 is 1.19 bits per heavy atom. The van der Waals surface area contributed by atoms with Crippen molar-refractivity contribution in [3.05, 3.63) is 65.5 Å². The zero-order valence-electron chi connectivity index (χ0n) is 15.1. The average Bonchev–Trinajstić information content (AvgIpc) is 3.03.